The van der Waals surface area contributed by atoms with E-state index < -0.39 is 0 Å². The van der Waals surface area contributed by atoms with E-state index in [1.165, 1.54) is 6.33 Å². The number of carbonyl (C=O) groups excluding carboxylic acids is 1. The van der Waals surface area contributed by atoms with Crippen molar-refractivity contribution in [3.8, 4) is 11.1 Å². The lowest BCUT2D eigenvalue weighted by Gasteiger charge is -2.28. The minimum atomic E-state index is -0.215. The molecule has 1 amide bonds. The molecule has 5 aromatic rings. The number of carbonyl (C=O) groups is 1. The van der Waals surface area contributed by atoms with Crippen LogP contribution in [-0.2, 0) is 0 Å². The molecular weight excluding hydrogens is 418 g/mol. The highest BCUT2D eigenvalue weighted by Crippen LogP contribution is 2.29. The number of rotatable bonds is 4. The molecule has 0 saturated carbocycles. The van der Waals surface area contributed by atoms with E-state index >= 15 is 0 Å². The second kappa shape index (κ2) is 7.82. The van der Waals surface area contributed by atoms with Crippen LogP contribution in [0.4, 0.5) is 5.69 Å². The average molecular weight is 441 g/mol. The van der Waals surface area contributed by atoms with Gasteiger partial charge in [0, 0.05) is 35.7 Å². The van der Waals surface area contributed by atoms with Crippen LogP contribution in [0.3, 0.4) is 0 Å². The van der Waals surface area contributed by atoms with Gasteiger partial charge in [0.1, 0.15) is 12.0 Å². The Bertz CT molecular complexity index is 1460. The number of hydrogen-bond donors (Lipinski definition) is 2. The summed E-state index contributed by atoms with van der Waals surface area (Å²) in [6, 6.07) is 6.16. The summed E-state index contributed by atoms with van der Waals surface area (Å²) in [5, 5.41) is 12.4. The molecule has 0 aliphatic carbocycles. The maximum absolute atomic E-state index is 13.0. The number of fused-ring (bicyclic) bond motifs is 2. The van der Waals surface area contributed by atoms with Crippen LogP contribution in [0.15, 0.2) is 55.5 Å². The van der Waals surface area contributed by atoms with Crippen LogP contribution in [0.5, 0.6) is 0 Å². The molecule has 0 spiro atoms. The van der Waals surface area contributed by atoms with Gasteiger partial charge in [-0.2, -0.15) is 10.2 Å². The quantitative estimate of drug-likeness (QED) is 0.444. The monoisotopic (exact) mass is 441 g/mol. The molecule has 0 unspecified atom stereocenters. The fraction of sp³-hybridized carbons (Fsp3) is 0.261. The number of H-pyrrole nitrogens is 1. The molecule has 1 saturated heterocycles. The number of aromatic nitrogens is 7. The number of likely N-dealkylation sites (tertiary alicyclic amines) is 1. The average Bonchev–Trinajstić information content (AvgIpc) is 3.58. The number of aromatic amines is 1. The maximum atomic E-state index is 13.0. The molecule has 0 radical (unpaired) electrons. The van der Waals surface area contributed by atoms with Crippen LogP contribution in [0.1, 0.15) is 29.2 Å². The second-order valence-electron chi connectivity index (χ2n) is 8.50. The van der Waals surface area contributed by atoms with Crippen LogP contribution in [0.2, 0.25) is 0 Å². The van der Waals surface area contributed by atoms with Crippen molar-refractivity contribution in [3.63, 3.8) is 0 Å². The summed E-state index contributed by atoms with van der Waals surface area (Å²) in [5.74, 6) is -0.215. The molecule has 0 aromatic carbocycles. The van der Waals surface area contributed by atoms with Crippen molar-refractivity contribution in [3.05, 3.63) is 61.1 Å². The summed E-state index contributed by atoms with van der Waals surface area (Å²) in [4.78, 5) is 27.2. The summed E-state index contributed by atoms with van der Waals surface area (Å²) < 4.78 is 3.68. The van der Waals surface area contributed by atoms with Crippen molar-refractivity contribution >= 4 is 28.3 Å². The highest BCUT2D eigenvalue weighted by Gasteiger charge is 2.19. The molecule has 6 rings (SSSR count). The zero-order valence-corrected chi connectivity index (χ0v) is 18.1. The van der Waals surface area contributed by atoms with Crippen molar-refractivity contribution in [2.45, 2.75) is 18.9 Å². The minimum Gasteiger partial charge on any atom is -0.346 e. The summed E-state index contributed by atoms with van der Waals surface area (Å²) in [7, 11) is 2.14. The Morgan fingerprint density at radius 1 is 1.15 bits per heavy atom. The Balaban J connectivity index is 1.24. The first-order valence-electron chi connectivity index (χ1n) is 10.9. The SMILES string of the molecule is CN1CCC(n2cc(NC(=O)c3cnc4[nH]cc(-c5ccn6ncnc6c5)c4c3)cn2)CC1. The number of anilines is 1. The van der Waals surface area contributed by atoms with Gasteiger partial charge in [0.15, 0.2) is 5.65 Å². The summed E-state index contributed by atoms with van der Waals surface area (Å²) in [6.45, 7) is 2.11. The first kappa shape index (κ1) is 19.6. The van der Waals surface area contributed by atoms with Gasteiger partial charge in [0.25, 0.3) is 5.91 Å². The molecule has 0 atom stereocenters. The van der Waals surface area contributed by atoms with Gasteiger partial charge >= 0.3 is 0 Å². The van der Waals surface area contributed by atoms with Gasteiger partial charge in [-0.1, -0.05) is 0 Å². The Kier molecular flexibility index (Phi) is 4.65. The summed E-state index contributed by atoms with van der Waals surface area (Å²) in [5.41, 5.74) is 4.57. The van der Waals surface area contributed by atoms with Gasteiger partial charge in [0.05, 0.1) is 23.5 Å². The molecule has 6 heterocycles. The number of nitrogens with one attached hydrogen (secondary N) is 2. The van der Waals surface area contributed by atoms with Crippen molar-refractivity contribution in [2.75, 3.05) is 25.5 Å². The lowest BCUT2D eigenvalue weighted by molar-refractivity contribution is 0.102. The zero-order valence-electron chi connectivity index (χ0n) is 18.1. The fourth-order valence-electron chi connectivity index (χ4n) is 4.41. The van der Waals surface area contributed by atoms with E-state index in [9.17, 15) is 4.79 Å². The Morgan fingerprint density at radius 2 is 2.03 bits per heavy atom. The predicted molar refractivity (Wildman–Crippen MR) is 124 cm³/mol. The van der Waals surface area contributed by atoms with Crippen molar-refractivity contribution in [1.82, 2.24) is 39.2 Å². The standard InChI is InChI=1S/C23H23N9O/c1-30-5-3-18(4-6-30)32-13-17(11-27-32)29-23(33)16-8-19-20(12-25-22(19)24-10-16)15-2-7-31-21(9-15)26-14-28-31/h2,7-14,18H,3-6H2,1H3,(H,24,25)(H,29,33). The lowest BCUT2D eigenvalue weighted by Crippen LogP contribution is -2.31. The summed E-state index contributed by atoms with van der Waals surface area (Å²) >= 11 is 0. The predicted octanol–water partition coefficient (Wildman–Crippen LogP) is 2.99. The Labute approximate surface area is 189 Å². The Hall–Kier alpha value is -4.05. The normalized spacial score (nSPS) is 15.4. The summed E-state index contributed by atoms with van der Waals surface area (Å²) in [6.07, 6.45) is 12.6. The second-order valence-corrected chi connectivity index (χ2v) is 8.50. The van der Waals surface area contributed by atoms with E-state index in [-0.39, 0.29) is 5.91 Å². The van der Waals surface area contributed by atoms with Crippen LogP contribution < -0.4 is 5.32 Å². The van der Waals surface area contributed by atoms with Crippen molar-refractivity contribution in [2.24, 2.45) is 0 Å². The smallest absolute Gasteiger partial charge is 0.257 e. The molecule has 10 nitrogen and oxygen atoms in total. The highest BCUT2D eigenvalue weighted by molar-refractivity contribution is 6.07. The number of hydrogen-bond acceptors (Lipinski definition) is 6. The van der Waals surface area contributed by atoms with E-state index in [4.69, 9.17) is 0 Å². The topological polar surface area (TPSA) is 109 Å². The van der Waals surface area contributed by atoms with Gasteiger partial charge in [-0.15, -0.1) is 0 Å². The van der Waals surface area contributed by atoms with Crippen LogP contribution in [-0.4, -0.2) is 65.3 Å². The number of nitrogens with zero attached hydrogens (tertiary/aromatic N) is 7. The van der Waals surface area contributed by atoms with Gasteiger partial charge in [0.2, 0.25) is 0 Å². The zero-order chi connectivity index (χ0) is 22.4. The molecule has 0 bridgehead atoms. The molecule has 1 fully saturated rings. The van der Waals surface area contributed by atoms with E-state index in [1.54, 1.807) is 16.9 Å². The van der Waals surface area contributed by atoms with Gasteiger partial charge < -0.3 is 15.2 Å². The molecule has 1 aliphatic heterocycles. The number of piperidine rings is 1. The fourth-order valence-corrected chi connectivity index (χ4v) is 4.41. The van der Waals surface area contributed by atoms with E-state index in [0.717, 1.165) is 53.7 Å². The first-order valence-corrected chi connectivity index (χ1v) is 10.9. The molecule has 2 N–H and O–H groups in total. The largest absolute Gasteiger partial charge is 0.346 e. The molecule has 10 heteroatoms. The van der Waals surface area contributed by atoms with Gasteiger partial charge in [-0.25, -0.2) is 14.5 Å². The van der Waals surface area contributed by atoms with Gasteiger partial charge in [-0.3, -0.25) is 9.48 Å². The van der Waals surface area contributed by atoms with E-state index in [2.05, 4.69) is 42.4 Å². The van der Waals surface area contributed by atoms with Crippen molar-refractivity contribution in [1.29, 1.82) is 0 Å². The Morgan fingerprint density at radius 3 is 2.91 bits per heavy atom. The van der Waals surface area contributed by atoms with E-state index in [1.807, 2.05) is 41.5 Å². The lowest BCUT2D eigenvalue weighted by atomic mass is 10.1. The molecule has 166 valence electrons. The number of amides is 1. The molecule has 33 heavy (non-hydrogen) atoms. The third kappa shape index (κ3) is 3.64. The molecule has 5 aromatic heterocycles. The van der Waals surface area contributed by atoms with Gasteiger partial charge in [-0.05, 0) is 56.7 Å². The number of pyridine rings is 2. The van der Waals surface area contributed by atoms with Crippen LogP contribution in [0, 0.1) is 0 Å². The molecular formula is C23H23N9O. The van der Waals surface area contributed by atoms with E-state index in [0.29, 0.717) is 17.3 Å². The van der Waals surface area contributed by atoms with Crippen molar-refractivity contribution < 1.29 is 4.79 Å². The third-order valence-corrected chi connectivity index (χ3v) is 6.31. The minimum absolute atomic E-state index is 0.215. The maximum Gasteiger partial charge on any atom is 0.257 e. The van der Waals surface area contributed by atoms with Crippen LogP contribution in [0.25, 0.3) is 27.8 Å². The molecule has 1 aliphatic rings. The first-order chi connectivity index (χ1) is 16.1. The third-order valence-electron chi connectivity index (χ3n) is 6.31. The highest BCUT2D eigenvalue weighted by atomic mass is 16.1. The van der Waals surface area contributed by atoms with Crippen LogP contribution >= 0.6 is 0 Å².